The third kappa shape index (κ3) is 2.45. The standard InChI is InChI=1S/C20H18N2O4/c23-19(21-11-17-18(26-17)15-8-4-5-9-16(15)21)22-14(12-25-20(22)24)10-13-6-2-1-3-7-13/h1-9,14,17-18H,10-12H2/t14-,17+,18-/m0/s1. The van der Waals surface area contributed by atoms with Crippen molar-refractivity contribution in [3.63, 3.8) is 0 Å². The number of amides is 3. The summed E-state index contributed by atoms with van der Waals surface area (Å²) >= 11 is 0. The van der Waals surface area contributed by atoms with Crippen LogP contribution in [0.4, 0.5) is 15.3 Å². The topological polar surface area (TPSA) is 62.4 Å². The van der Waals surface area contributed by atoms with Gasteiger partial charge in [0.2, 0.25) is 0 Å². The molecule has 0 saturated carbocycles. The zero-order valence-corrected chi connectivity index (χ0v) is 14.1. The molecule has 2 aromatic rings. The first-order valence-electron chi connectivity index (χ1n) is 8.78. The monoisotopic (exact) mass is 350 g/mol. The van der Waals surface area contributed by atoms with Crippen molar-refractivity contribution in [1.82, 2.24) is 4.90 Å². The summed E-state index contributed by atoms with van der Waals surface area (Å²) in [5.74, 6) is 0. The highest BCUT2D eigenvalue weighted by Crippen LogP contribution is 2.48. The predicted octanol–water partition coefficient (Wildman–Crippen LogP) is 3.13. The van der Waals surface area contributed by atoms with E-state index in [0.29, 0.717) is 13.0 Å². The molecule has 6 heteroatoms. The number of benzene rings is 2. The van der Waals surface area contributed by atoms with Gasteiger partial charge in [0, 0.05) is 5.56 Å². The highest BCUT2D eigenvalue weighted by atomic mass is 16.6. The molecule has 26 heavy (non-hydrogen) atoms. The summed E-state index contributed by atoms with van der Waals surface area (Å²) < 4.78 is 10.9. The Kier molecular flexibility index (Phi) is 3.46. The number of carbonyl (C=O) groups excluding carboxylic acids is 2. The molecule has 0 aromatic heterocycles. The van der Waals surface area contributed by atoms with E-state index in [1.807, 2.05) is 54.6 Å². The molecule has 3 aliphatic heterocycles. The van der Waals surface area contributed by atoms with Crippen LogP contribution in [0.3, 0.4) is 0 Å². The lowest BCUT2D eigenvalue weighted by Gasteiger charge is -2.31. The van der Waals surface area contributed by atoms with Gasteiger partial charge in [0.15, 0.2) is 0 Å². The molecule has 0 aliphatic carbocycles. The van der Waals surface area contributed by atoms with Gasteiger partial charge < -0.3 is 9.47 Å². The molecule has 0 radical (unpaired) electrons. The number of nitrogens with zero attached hydrogens (tertiary/aromatic N) is 2. The number of epoxide rings is 1. The molecule has 0 unspecified atom stereocenters. The molecule has 0 bridgehead atoms. The molecule has 6 nitrogen and oxygen atoms in total. The number of imide groups is 1. The molecule has 5 rings (SSSR count). The average molecular weight is 350 g/mol. The zero-order valence-electron chi connectivity index (χ0n) is 14.1. The maximum absolute atomic E-state index is 13.2. The molecule has 132 valence electrons. The number of urea groups is 1. The number of para-hydroxylation sites is 1. The first kappa shape index (κ1) is 15.4. The molecule has 0 spiro atoms. The van der Waals surface area contributed by atoms with Gasteiger partial charge in [-0.1, -0.05) is 48.5 Å². The van der Waals surface area contributed by atoms with E-state index in [0.717, 1.165) is 16.8 Å². The normalized spacial score (nSPS) is 26.2. The van der Waals surface area contributed by atoms with Crippen LogP contribution in [-0.2, 0) is 15.9 Å². The summed E-state index contributed by atoms with van der Waals surface area (Å²) in [6, 6.07) is 16.9. The number of rotatable bonds is 2. The highest BCUT2D eigenvalue weighted by Gasteiger charge is 2.50. The SMILES string of the molecule is O=C1OC[C@H](Cc2ccccc2)N1C(=O)N1C[C@H]2O[C@H]2c2ccccc21. The molecule has 3 atom stereocenters. The largest absolute Gasteiger partial charge is 0.447 e. The van der Waals surface area contributed by atoms with Gasteiger partial charge in [-0.2, -0.15) is 0 Å². The summed E-state index contributed by atoms with van der Waals surface area (Å²) in [5, 5.41) is 0. The van der Waals surface area contributed by atoms with E-state index >= 15 is 0 Å². The Bertz CT molecular complexity index is 869. The van der Waals surface area contributed by atoms with Gasteiger partial charge in [0.25, 0.3) is 0 Å². The average Bonchev–Trinajstić information content (AvgIpc) is 3.38. The summed E-state index contributed by atoms with van der Waals surface area (Å²) in [7, 11) is 0. The van der Waals surface area contributed by atoms with Crippen LogP contribution >= 0.6 is 0 Å². The van der Waals surface area contributed by atoms with Gasteiger partial charge in [-0.25, -0.2) is 14.5 Å². The lowest BCUT2D eigenvalue weighted by molar-refractivity contribution is 0.159. The van der Waals surface area contributed by atoms with Crippen molar-refractivity contribution in [3.8, 4) is 0 Å². The third-order valence-corrected chi connectivity index (χ3v) is 5.19. The van der Waals surface area contributed by atoms with E-state index in [9.17, 15) is 9.59 Å². The van der Waals surface area contributed by atoms with Gasteiger partial charge in [-0.05, 0) is 18.1 Å². The highest BCUT2D eigenvalue weighted by molar-refractivity contribution is 6.02. The van der Waals surface area contributed by atoms with Crippen molar-refractivity contribution < 1.29 is 19.1 Å². The summed E-state index contributed by atoms with van der Waals surface area (Å²) in [6.45, 7) is 0.680. The minimum atomic E-state index is -0.577. The summed E-state index contributed by atoms with van der Waals surface area (Å²) in [6.07, 6.45) is 0.0873. The Morgan fingerprint density at radius 1 is 1.08 bits per heavy atom. The molecule has 2 saturated heterocycles. The second-order valence-electron chi connectivity index (χ2n) is 6.84. The molecule has 2 fully saturated rings. The summed E-state index contributed by atoms with van der Waals surface area (Å²) in [5.41, 5.74) is 2.89. The molecule has 3 amide bonds. The fourth-order valence-corrected chi connectivity index (χ4v) is 3.85. The van der Waals surface area contributed by atoms with Crippen LogP contribution < -0.4 is 4.90 Å². The Hall–Kier alpha value is -2.86. The van der Waals surface area contributed by atoms with E-state index in [4.69, 9.17) is 9.47 Å². The fraction of sp³-hybridized carbons (Fsp3) is 0.300. The van der Waals surface area contributed by atoms with E-state index in [2.05, 4.69) is 0 Å². The van der Waals surface area contributed by atoms with Crippen LogP contribution in [0.2, 0.25) is 0 Å². The maximum Gasteiger partial charge on any atom is 0.418 e. The van der Waals surface area contributed by atoms with Crippen molar-refractivity contribution in [1.29, 1.82) is 0 Å². The van der Waals surface area contributed by atoms with Gasteiger partial charge in [-0.15, -0.1) is 0 Å². The van der Waals surface area contributed by atoms with Crippen LogP contribution in [0.5, 0.6) is 0 Å². The first-order chi connectivity index (χ1) is 12.7. The minimum Gasteiger partial charge on any atom is -0.447 e. The first-order valence-corrected chi connectivity index (χ1v) is 8.78. The van der Waals surface area contributed by atoms with Gasteiger partial charge in [0.1, 0.15) is 18.8 Å². The van der Waals surface area contributed by atoms with Crippen LogP contribution in [0.25, 0.3) is 0 Å². The quantitative estimate of drug-likeness (QED) is 0.781. The van der Waals surface area contributed by atoms with Gasteiger partial charge in [-0.3, -0.25) is 4.90 Å². The van der Waals surface area contributed by atoms with Crippen molar-refractivity contribution in [2.24, 2.45) is 0 Å². The lowest BCUT2D eigenvalue weighted by atomic mass is 10.0. The molecular weight excluding hydrogens is 332 g/mol. The lowest BCUT2D eigenvalue weighted by Crippen LogP contribution is -2.50. The molecular formula is C20H18N2O4. The number of fused-ring (bicyclic) bond motifs is 3. The van der Waals surface area contributed by atoms with Crippen LogP contribution in [0, 0.1) is 0 Å². The van der Waals surface area contributed by atoms with Crippen molar-refractivity contribution >= 4 is 17.8 Å². The minimum absolute atomic E-state index is 0.0139. The van der Waals surface area contributed by atoms with Crippen LogP contribution in [0.1, 0.15) is 17.2 Å². The number of hydrogen-bond donors (Lipinski definition) is 0. The van der Waals surface area contributed by atoms with E-state index < -0.39 is 6.09 Å². The number of carbonyl (C=O) groups is 2. The van der Waals surface area contributed by atoms with E-state index in [1.165, 1.54) is 4.90 Å². The van der Waals surface area contributed by atoms with Crippen molar-refractivity contribution in [2.75, 3.05) is 18.1 Å². The second kappa shape index (κ2) is 5.85. The smallest absolute Gasteiger partial charge is 0.418 e. The third-order valence-electron chi connectivity index (χ3n) is 5.19. The van der Waals surface area contributed by atoms with E-state index in [-0.39, 0.29) is 30.9 Å². The van der Waals surface area contributed by atoms with E-state index in [1.54, 1.807) is 4.90 Å². The van der Waals surface area contributed by atoms with Gasteiger partial charge in [0.05, 0.1) is 18.3 Å². The molecule has 2 aromatic carbocycles. The maximum atomic E-state index is 13.2. The van der Waals surface area contributed by atoms with Crippen LogP contribution in [-0.4, -0.2) is 42.3 Å². The van der Waals surface area contributed by atoms with Gasteiger partial charge >= 0.3 is 12.1 Å². The Labute approximate surface area is 150 Å². The Balaban J connectivity index is 1.43. The summed E-state index contributed by atoms with van der Waals surface area (Å²) in [4.78, 5) is 28.4. The Morgan fingerprint density at radius 2 is 1.85 bits per heavy atom. The molecule has 0 N–H and O–H groups in total. The molecule has 3 aliphatic rings. The van der Waals surface area contributed by atoms with Crippen molar-refractivity contribution in [2.45, 2.75) is 24.7 Å². The predicted molar refractivity (Wildman–Crippen MR) is 93.9 cm³/mol. The van der Waals surface area contributed by atoms with Crippen LogP contribution in [0.15, 0.2) is 54.6 Å². The number of anilines is 1. The number of ether oxygens (including phenoxy) is 2. The second-order valence-corrected chi connectivity index (χ2v) is 6.84. The van der Waals surface area contributed by atoms with Crippen molar-refractivity contribution in [3.05, 3.63) is 65.7 Å². The fourth-order valence-electron chi connectivity index (χ4n) is 3.85. The number of cyclic esters (lactones) is 1. The molecule has 3 heterocycles. The Morgan fingerprint density at radius 3 is 2.69 bits per heavy atom. The number of hydrogen-bond acceptors (Lipinski definition) is 4. The zero-order chi connectivity index (χ0) is 17.7.